The first-order valence-corrected chi connectivity index (χ1v) is 7.20. The molecule has 1 saturated heterocycles. The standard InChI is InChI=1S/C16H23N/c1-2-14-6-8-15(9-7-14)16(10-11-16)17-12-4-3-5-13-17/h6-9H,2-5,10-13H2,1H3. The van der Waals surface area contributed by atoms with Gasteiger partial charge < -0.3 is 0 Å². The largest absolute Gasteiger partial charge is 0.294 e. The zero-order valence-corrected chi connectivity index (χ0v) is 10.9. The van der Waals surface area contributed by atoms with Crippen LogP contribution in [0.2, 0.25) is 0 Å². The summed E-state index contributed by atoms with van der Waals surface area (Å²) in [5.74, 6) is 0. The number of nitrogens with zero attached hydrogens (tertiary/aromatic N) is 1. The Hall–Kier alpha value is -0.820. The molecular weight excluding hydrogens is 206 g/mol. The molecule has 0 aromatic heterocycles. The second-order valence-corrected chi connectivity index (χ2v) is 5.63. The molecule has 3 rings (SSSR count). The van der Waals surface area contributed by atoms with Gasteiger partial charge in [-0.25, -0.2) is 0 Å². The number of piperidine rings is 1. The summed E-state index contributed by atoms with van der Waals surface area (Å²) in [6.07, 6.45) is 8.12. The van der Waals surface area contributed by atoms with Crippen LogP contribution in [-0.2, 0) is 12.0 Å². The molecule has 0 amide bonds. The second-order valence-electron chi connectivity index (χ2n) is 5.63. The van der Waals surface area contributed by atoms with Gasteiger partial charge in [0.05, 0.1) is 0 Å². The Bertz CT molecular complexity index is 369. The van der Waals surface area contributed by atoms with Crippen LogP contribution in [0.4, 0.5) is 0 Å². The number of likely N-dealkylation sites (tertiary alicyclic amines) is 1. The third-order valence-electron chi connectivity index (χ3n) is 4.58. The fourth-order valence-corrected chi connectivity index (χ4v) is 3.28. The predicted molar refractivity (Wildman–Crippen MR) is 72.2 cm³/mol. The summed E-state index contributed by atoms with van der Waals surface area (Å²) in [6, 6.07) is 9.39. The van der Waals surface area contributed by atoms with Gasteiger partial charge in [-0.1, -0.05) is 37.6 Å². The Labute approximate surface area is 105 Å². The van der Waals surface area contributed by atoms with Crippen LogP contribution >= 0.6 is 0 Å². The zero-order chi connectivity index (χ0) is 11.7. The van der Waals surface area contributed by atoms with E-state index in [9.17, 15) is 0 Å². The van der Waals surface area contributed by atoms with Gasteiger partial charge in [0, 0.05) is 5.54 Å². The van der Waals surface area contributed by atoms with E-state index in [0.29, 0.717) is 5.54 Å². The van der Waals surface area contributed by atoms with E-state index in [-0.39, 0.29) is 0 Å². The first kappa shape index (κ1) is 11.3. The maximum atomic E-state index is 2.75. The molecule has 0 unspecified atom stereocenters. The summed E-state index contributed by atoms with van der Waals surface area (Å²) in [6.45, 7) is 4.86. The molecule has 1 saturated carbocycles. The average Bonchev–Trinajstić information content (AvgIpc) is 3.21. The minimum absolute atomic E-state index is 0.437. The predicted octanol–water partition coefficient (Wildman–Crippen LogP) is 3.72. The highest BCUT2D eigenvalue weighted by atomic mass is 15.2. The Balaban J connectivity index is 1.81. The van der Waals surface area contributed by atoms with E-state index in [0.717, 1.165) is 6.42 Å². The summed E-state index contributed by atoms with van der Waals surface area (Å²) in [4.78, 5) is 2.75. The van der Waals surface area contributed by atoms with Crippen molar-refractivity contribution < 1.29 is 0 Å². The molecule has 0 bridgehead atoms. The van der Waals surface area contributed by atoms with Gasteiger partial charge in [-0.15, -0.1) is 0 Å². The lowest BCUT2D eigenvalue weighted by atomic mass is 9.98. The van der Waals surface area contributed by atoms with E-state index >= 15 is 0 Å². The zero-order valence-electron chi connectivity index (χ0n) is 10.9. The highest BCUT2D eigenvalue weighted by molar-refractivity contribution is 5.33. The normalized spacial score (nSPS) is 23.6. The lowest BCUT2D eigenvalue weighted by Crippen LogP contribution is -2.39. The molecule has 0 N–H and O–H groups in total. The van der Waals surface area contributed by atoms with Gasteiger partial charge in [-0.3, -0.25) is 4.90 Å². The van der Waals surface area contributed by atoms with Crippen LogP contribution in [0.25, 0.3) is 0 Å². The number of hydrogen-bond acceptors (Lipinski definition) is 1. The maximum Gasteiger partial charge on any atom is 0.0462 e. The van der Waals surface area contributed by atoms with Crippen molar-refractivity contribution in [1.82, 2.24) is 4.90 Å². The summed E-state index contributed by atoms with van der Waals surface area (Å²) in [5, 5.41) is 0. The molecular formula is C16H23N. The second kappa shape index (κ2) is 4.45. The van der Waals surface area contributed by atoms with Crippen LogP contribution in [0.3, 0.4) is 0 Å². The Kier molecular flexibility index (Phi) is 2.96. The molecule has 1 aliphatic heterocycles. The van der Waals surface area contributed by atoms with E-state index in [1.54, 1.807) is 5.56 Å². The fraction of sp³-hybridized carbons (Fsp3) is 0.625. The quantitative estimate of drug-likeness (QED) is 0.763. The Morgan fingerprint density at radius 3 is 2.18 bits per heavy atom. The van der Waals surface area contributed by atoms with E-state index in [4.69, 9.17) is 0 Å². The van der Waals surface area contributed by atoms with Gasteiger partial charge in [-0.05, 0) is 56.3 Å². The van der Waals surface area contributed by atoms with E-state index in [1.165, 1.54) is 50.8 Å². The minimum Gasteiger partial charge on any atom is -0.294 e. The molecule has 2 fully saturated rings. The first-order chi connectivity index (χ1) is 8.35. The average molecular weight is 229 g/mol. The highest BCUT2D eigenvalue weighted by Crippen LogP contribution is 2.51. The third-order valence-corrected chi connectivity index (χ3v) is 4.58. The molecule has 0 spiro atoms. The van der Waals surface area contributed by atoms with Crippen LogP contribution in [0.5, 0.6) is 0 Å². The van der Waals surface area contributed by atoms with Crippen LogP contribution < -0.4 is 0 Å². The molecule has 1 nitrogen and oxygen atoms in total. The molecule has 17 heavy (non-hydrogen) atoms. The third kappa shape index (κ3) is 2.01. The van der Waals surface area contributed by atoms with E-state index in [1.807, 2.05) is 0 Å². The van der Waals surface area contributed by atoms with Crippen molar-refractivity contribution in [2.75, 3.05) is 13.1 Å². The van der Waals surface area contributed by atoms with Gasteiger partial charge in [0.15, 0.2) is 0 Å². The smallest absolute Gasteiger partial charge is 0.0462 e. The summed E-state index contributed by atoms with van der Waals surface area (Å²) >= 11 is 0. The van der Waals surface area contributed by atoms with Crippen LogP contribution in [0, 0.1) is 0 Å². The molecule has 0 atom stereocenters. The molecule has 92 valence electrons. The van der Waals surface area contributed by atoms with Crippen molar-refractivity contribution in [3.8, 4) is 0 Å². The molecule has 1 heteroatoms. The highest BCUT2D eigenvalue weighted by Gasteiger charge is 2.49. The Morgan fingerprint density at radius 2 is 1.65 bits per heavy atom. The number of rotatable bonds is 3. The number of benzene rings is 1. The summed E-state index contributed by atoms with van der Waals surface area (Å²) in [5.41, 5.74) is 3.46. The van der Waals surface area contributed by atoms with Crippen LogP contribution in [0.15, 0.2) is 24.3 Å². The van der Waals surface area contributed by atoms with Gasteiger partial charge >= 0.3 is 0 Å². The molecule has 1 aromatic rings. The first-order valence-electron chi connectivity index (χ1n) is 7.20. The van der Waals surface area contributed by atoms with Crippen molar-refractivity contribution in [2.45, 2.75) is 51.0 Å². The molecule has 0 radical (unpaired) electrons. The van der Waals surface area contributed by atoms with Gasteiger partial charge in [0.1, 0.15) is 0 Å². The van der Waals surface area contributed by atoms with Crippen LogP contribution in [0.1, 0.15) is 50.2 Å². The van der Waals surface area contributed by atoms with Crippen LogP contribution in [-0.4, -0.2) is 18.0 Å². The van der Waals surface area contributed by atoms with Gasteiger partial charge in [0.2, 0.25) is 0 Å². The molecule has 1 aliphatic carbocycles. The van der Waals surface area contributed by atoms with Crippen molar-refractivity contribution in [1.29, 1.82) is 0 Å². The summed E-state index contributed by atoms with van der Waals surface area (Å²) in [7, 11) is 0. The maximum absolute atomic E-state index is 2.75. The number of hydrogen-bond donors (Lipinski definition) is 0. The lowest BCUT2D eigenvalue weighted by Gasteiger charge is -2.35. The molecule has 1 heterocycles. The lowest BCUT2D eigenvalue weighted by molar-refractivity contribution is 0.145. The fourth-order valence-electron chi connectivity index (χ4n) is 3.28. The van der Waals surface area contributed by atoms with Crippen molar-refractivity contribution >= 4 is 0 Å². The minimum atomic E-state index is 0.437. The van der Waals surface area contributed by atoms with Crippen molar-refractivity contribution in [3.05, 3.63) is 35.4 Å². The van der Waals surface area contributed by atoms with E-state index < -0.39 is 0 Å². The summed E-state index contributed by atoms with van der Waals surface area (Å²) < 4.78 is 0. The Morgan fingerprint density at radius 1 is 1.00 bits per heavy atom. The van der Waals surface area contributed by atoms with Crippen molar-refractivity contribution in [3.63, 3.8) is 0 Å². The molecule has 1 aromatic carbocycles. The van der Waals surface area contributed by atoms with Gasteiger partial charge in [-0.2, -0.15) is 0 Å². The number of aryl methyl sites for hydroxylation is 1. The van der Waals surface area contributed by atoms with Gasteiger partial charge in [0.25, 0.3) is 0 Å². The SMILES string of the molecule is CCc1ccc(C2(N3CCCCC3)CC2)cc1. The monoisotopic (exact) mass is 229 g/mol. The molecule has 2 aliphatic rings. The van der Waals surface area contributed by atoms with E-state index in [2.05, 4.69) is 36.1 Å². The topological polar surface area (TPSA) is 3.24 Å². The van der Waals surface area contributed by atoms with Crippen molar-refractivity contribution in [2.24, 2.45) is 0 Å².